The fourth-order valence-corrected chi connectivity index (χ4v) is 10.2. The molecule has 8 heteroatoms. The summed E-state index contributed by atoms with van der Waals surface area (Å²) in [6, 6.07) is 23.7. The molecule has 1 spiro atoms. The van der Waals surface area contributed by atoms with Gasteiger partial charge >= 0.3 is 0 Å². The van der Waals surface area contributed by atoms with Crippen LogP contribution in [0.25, 0.3) is 0 Å². The lowest BCUT2D eigenvalue weighted by Gasteiger charge is -2.40. The first-order valence-electron chi connectivity index (χ1n) is 15.9. The molecule has 4 aliphatic rings. The van der Waals surface area contributed by atoms with Crippen molar-refractivity contribution in [2.45, 2.75) is 48.9 Å². The van der Waals surface area contributed by atoms with E-state index in [-0.39, 0.29) is 24.3 Å². The van der Waals surface area contributed by atoms with E-state index in [1.54, 1.807) is 21.6 Å². The van der Waals surface area contributed by atoms with Crippen LogP contribution in [0.3, 0.4) is 0 Å². The Morgan fingerprint density at radius 1 is 0.848 bits per heavy atom. The second kappa shape index (κ2) is 11.6. The molecule has 4 heterocycles. The zero-order valence-corrected chi connectivity index (χ0v) is 27.2. The molecule has 0 bridgehead atoms. The zero-order valence-electron chi connectivity index (χ0n) is 26.4. The van der Waals surface area contributed by atoms with Gasteiger partial charge < -0.3 is 19.8 Å². The van der Waals surface area contributed by atoms with Crippen LogP contribution < -0.4 is 4.90 Å². The maximum atomic E-state index is 15.1. The molecule has 0 saturated carbocycles. The predicted octanol–water partition coefficient (Wildman–Crippen LogP) is 5.23. The Bertz CT molecular complexity index is 1740. The summed E-state index contributed by atoms with van der Waals surface area (Å²) in [5.41, 5.74) is 4.56. The van der Waals surface area contributed by atoms with Crippen molar-refractivity contribution in [3.63, 3.8) is 0 Å². The van der Waals surface area contributed by atoms with E-state index >= 15 is 9.59 Å². The number of benzene rings is 3. The van der Waals surface area contributed by atoms with E-state index in [9.17, 15) is 9.90 Å². The number of amides is 3. The quantitative estimate of drug-likeness (QED) is 0.377. The molecule has 2 fully saturated rings. The number of rotatable bonds is 6. The Kier molecular flexibility index (Phi) is 7.68. The summed E-state index contributed by atoms with van der Waals surface area (Å²) in [5, 5.41) is 10.9. The number of hydrogen-bond donors (Lipinski definition) is 1. The van der Waals surface area contributed by atoms with Crippen LogP contribution in [0.2, 0.25) is 0 Å². The van der Waals surface area contributed by atoms with Crippen molar-refractivity contribution in [2.24, 2.45) is 11.8 Å². The van der Waals surface area contributed by atoms with E-state index in [1.165, 1.54) is 0 Å². The molecule has 0 aliphatic carbocycles. The molecular formula is C38H39N3O4S. The first kappa shape index (κ1) is 30.5. The highest BCUT2D eigenvalue weighted by Crippen LogP contribution is 2.66. The van der Waals surface area contributed by atoms with Crippen LogP contribution in [0.4, 0.5) is 5.69 Å². The number of fused-ring (bicyclic) bond motifs is 2. The van der Waals surface area contributed by atoms with Crippen molar-refractivity contribution in [2.75, 3.05) is 24.6 Å². The molecule has 6 atom stereocenters. The highest BCUT2D eigenvalue weighted by Gasteiger charge is 2.74. The van der Waals surface area contributed by atoms with Gasteiger partial charge in [0.05, 0.1) is 29.2 Å². The molecule has 7 nitrogen and oxygen atoms in total. The fourth-order valence-electron chi connectivity index (χ4n) is 8.05. The van der Waals surface area contributed by atoms with Crippen molar-refractivity contribution in [1.82, 2.24) is 9.80 Å². The average molecular weight is 634 g/mol. The molecule has 3 amide bonds. The lowest BCUT2D eigenvalue weighted by Crippen LogP contribution is -2.54. The molecule has 0 radical (unpaired) electrons. The number of hydrogen-bond acceptors (Lipinski definition) is 5. The van der Waals surface area contributed by atoms with Gasteiger partial charge in [-0.05, 0) is 49.1 Å². The minimum absolute atomic E-state index is 0.0866. The van der Waals surface area contributed by atoms with Crippen molar-refractivity contribution in [1.29, 1.82) is 0 Å². The molecule has 1 N–H and O–H groups in total. The van der Waals surface area contributed by atoms with E-state index < -0.39 is 33.4 Å². The van der Waals surface area contributed by atoms with Crippen molar-refractivity contribution in [3.05, 3.63) is 125 Å². The number of anilines is 1. The van der Waals surface area contributed by atoms with Crippen molar-refractivity contribution in [3.8, 4) is 0 Å². The van der Waals surface area contributed by atoms with Gasteiger partial charge in [-0.25, -0.2) is 0 Å². The lowest BCUT2D eigenvalue weighted by atomic mass is 9.74. The maximum absolute atomic E-state index is 15.1. The first-order valence-corrected chi connectivity index (χ1v) is 16.7. The Hall–Kier alpha value is -4.14. The monoisotopic (exact) mass is 633 g/mol. The maximum Gasteiger partial charge on any atom is 0.251 e. The number of carbonyl (C=O) groups excluding carboxylic acids is 3. The first-order chi connectivity index (χ1) is 22.2. The minimum Gasteiger partial charge on any atom is -0.394 e. The zero-order chi connectivity index (χ0) is 32.2. The smallest absolute Gasteiger partial charge is 0.251 e. The largest absolute Gasteiger partial charge is 0.394 e. The fraction of sp³-hybridized carbons (Fsp3) is 0.342. The topological polar surface area (TPSA) is 81.2 Å². The molecule has 3 aromatic rings. The molecule has 1 unspecified atom stereocenters. The van der Waals surface area contributed by atoms with Gasteiger partial charge in [0, 0.05) is 30.1 Å². The van der Waals surface area contributed by atoms with Gasteiger partial charge in [-0.3, -0.25) is 14.4 Å². The second-order valence-corrected chi connectivity index (χ2v) is 14.9. The molecule has 4 aliphatic heterocycles. The number of aliphatic hydroxyl groups excluding tert-OH is 1. The third kappa shape index (κ3) is 4.73. The minimum atomic E-state index is -1.02. The van der Waals surface area contributed by atoms with Gasteiger partial charge in [-0.1, -0.05) is 97.1 Å². The van der Waals surface area contributed by atoms with E-state index in [4.69, 9.17) is 0 Å². The van der Waals surface area contributed by atoms with Gasteiger partial charge in [0.25, 0.3) is 5.91 Å². The van der Waals surface area contributed by atoms with Crippen LogP contribution in [0.5, 0.6) is 0 Å². The van der Waals surface area contributed by atoms with Crippen LogP contribution in [-0.4, -0.2) is 67.9 Å². The Morgan fingerprint density at radius 3 is 2.26 bits per heavy atom. The van der Waals surface area contributed by atoms with E-state index in [0.29, 0.717) is 19.6 Å². The van der Waals surface area contributed by atoms with Crippen LogP contribution in [0, 0.1) is 25.7 Å². The molecular weight excluding hydrogens is 595 g/mol. The molecule has 0 aromatic heterocycles. The average Bonchev–Trinajstić information content (AvgIpc) is 3.33. The van der Waals surface area contributed by atoms with Gasteiger partial charge in [0.1, 0.15) is 6.04 Å². The molecule has 236 valence electrons. The number of aryl methyl sites for hydroxylation is 2. The van der Waals surface area contributed by atoms with Gasteiger partial charge in [-0.15, -0.1) is 11.8 Å². The van der Waals surface area contributed by atoms with Crippen LogP contribution in [-0.2, 0) is 20.9 Å². The number of nitrogens with zero attached hydrogens (tertiary/aromatic N) is 3. The summed E-state index contributed by atoms with van der Waals surface area (Å²) in [6.45, 7) is 6.90. The summed E-state index contributed by atoms with van der Waals surface area (Å²) < 4.78 is -1.73. The van der Waals surface area contributed by atoms with E-state index in [2.05, 4.69) is 6.08 Å². The number of thioether (sulfide) groups is 1. The van der Waals surface area contributed by atoms with Crippen LogP contribution >= 0.6 is 11.8 Å². The van der Waals surface area contributed by atoms with Gasteiger partial charge in [0.2, 0.25) is 11.8 Å². The second-order valence-electron chi connectivity index (χ2n) is 13.1. The van der Waals surface area contributed by atoms with Crippen molar-refractivity contribution < 1.29 is 19.5 Å². The Morgan fingerprint density at radius 2 is 1.54 bits per heavy atom. The third-order valence-electron chi connectivity index (χ3n) is 10.1. The van der Waals surface area contributed by atoms with Crippen LogP contribution in [0.1, 0.15) is 35.2 Å². The summed E-state index contributed by atoms with van der Waals surface area (Å²) in [5.74, 6) is -2.04. The molecule has 3 aromatic carbocycles. The highest BCUT2D eigenvalue weighted by atomic mass is 32.2. The molecule has 7 rings (SSSR count). The summed E-state index contributed by atoms with van der Waals surface area (Å²) in [4.78, 5) is 50.1. The van der Waals surface area contributed by atoms with Crippen LogP contribution in [0.15, 0.2) is 103 Å². The lowest BCUT2D eigenvalue weighted by molar-refractivity contribution is -0.145. The molecule has 2 saturated heterocycles. The third-order valence-corrected chi connectivity index (χ3v) is 11.9. The Labute approximate surface area is 274 Å². The predicted molar refractivity (Wildman–Crippen MR) is 181 cm³/mol. The number of likely N-dealkylation sites (tertiary alicyclic amines) is 1. The van der Waals surface area contributed by atoms with E-state index in [1.807, 2.05) is 123 Å². The summed E-state index contributed by atoms with van der Waals surface area (Å²) >= 11 is 1.56. The van der Waals surface area contributed by atoms with Gasteiger partial charge in [0.15, 0.2) is 0 Å². The summed E-state index contributed by atoms with van der Waals surface area (Å²) in [7, 11) is 0. The van der Waals surface area contributed by atoms with Crippen molar-refractivity contribution >= 4 is 35.2 Å². The standard InChI is InChI=1S/C38H39N3O4S/c1-25-16-17-26(2)29(22-25)40-21-11-19-38-32(35(44)41(33(38)36(40)45)30(24-42)28-14-8-5-9-15-28)31-34(43)39(20-10-18-37(31,3)46-38)23-27-12-6-4-7-13-27/h4-19,22,30-33,42H,20-21,23-24H2,1-3H3/t30-,31+,32+,33?,37-,38+/m1/s1. The SMILES string of the molecule is Cc1ccc(C)c(N2CC=C[C@]34S[C@]5(C)C=CCN(Cc6ccccc6)C(=O)[C@@H]5[C@H]3C(=O)N([C@H](CO)c3ccccc3)C4C2=O)c1. The van der Waals surface area contributed by atoms with E-state index in [0.717, 1.165) is 27.9 Å². The summed E-state index contributed by atoms with van der Waals surface area (Å²) in [6.07, 6.45) is 8.15. The highest BCUT2D eigenvalue weighted by molar-refractivity contribution is 8.02. The molecule has 46 heavy (non-hydrogen) atoms. The number of aliphatic hydroxyl groups is 1. The van der Waals surface area contributed by atoms with Gasteiger partial charge in [-0.2, -0.15) is 0 Å². The Balaban J connectivity index is 1.38. The normalized spacial score (nSPS) is 29.3. The number of carbonyl (C=O) groups is 3.